The third-order valence-corrected chi connectivity index (χ3v) is 4.87. The summed E-state index contributed by atoms with van der Waals surface area (Å²) in [5, 5.41) is 0. The average Bonchev–Trinajstić information content (AvgIpc) is 2.52. The van der Waals surface area contributed by atoms with Gasteiger partial charge in [-0.2, -0.15) is 0 Å². The Hall–Kier alpha value is -1.74. The van der Waals surface area contributed by atoms with Crippen molar-refractivity contribution < 1.29 is 4.79 Å². The first kappa shape index (κ1) is 14.2. The summed E-state index contributed by atoms with van der Waals surface area (Å²) in [4.78, 5) is 15.8. The number of unbranched alkanes of at least 4 members (excludes halogenated alkanes) is 1. The maximum atomic E-state index is 10.8. The van der Waals surface area contributed by atoms with Crippen LogP contribution in [0.5, 0.6) is 0 Å². The molecule has 21 heavy (non-hydrogen) atoms. The quantitative estimate of drug-likeness (QED) is 0.737. The maximum absolute atomic E-state index is 10.8. The normalized spacial score (nSPS) is 12.7. The summed E-state index contributed by atoms with van der Waals surface area (Å²) in [5.74, 6) is 0. The lowest BCUT2D eigenvalue weighted by Crippen LogP contribution is -2.22. The number of hydrogen-bond acceptors (Lipinski definition) is 3. The molecule has 1 aliphatic heterocycles. The highest BCUT2D eigenvalue weighted by Gasteiger charge is 2.22. The molecule has 2 aromatic carbocycles. The minimum atomic E-state index is 0.487. The molecule has 0 atom stereocenters. The van der Waals surface area contributed by atoms with Gasteiger partial charge in [-0.3, -0.25) is 0 Å². The molecule has 0 spiro atoms. The first-order chi connectivity index (χ1) is 10.3. The van der Waals surface area contributed by atoms with Crippen LogP contribution in [0.1, 0.15) is 25.3 Å². The minimum Gasteiger partial charge on any atom is -0.340 e. The van der Waals surface area contributed by atoms with E-state index in [4.69, 9.17) is 0 Å². The fourth-order valence-electron chi connectivity index (χ4n) is 2.66. The van der Waals surface area contributed by atoms with Crippen LogP contribution >= 0.6 is 11.8 Å². The van der Waals surface area contributed by atoms with E-state index in [2.05, 4.69) is 54.3 Å². The third-order valence-electron chi connectivity index (χ3n) is 3.74. The molecule has 1 aliphatic rings. The Labute approximate surface area is 130 Å². The van der Waals surface area contributed by atoms with Gasteiger partial charge in [0.05, 0.1) is 11.4 Å². The number of carbonyl (C=O) groups is 1. The molecular formula is C18H19NOS. The Balaban J connectivity index is 2.04. The predicted molar refractivity (Wildman–Crippen MR) is 88.7 cm³/mol. The van der Waals surface area contributed by atoms with Crippen molar-refractivity contribution in [3.05, 3.63) is 48.0 Å². The zero-order valence-corrected chi connectivity index (χ0v) is 13.0. The van der Waals surface area contributed by atoms with Gasteiger partial charge in [0.2, 0.25) is 0 Å². The molecule has 0 saturated carbocycles. The SMILES string of the molecule is CCCCN1c2ccccc2Sc2ccc(CC=O)cc21. The predicted octanol–water partition coefficient (Wildman–Crippen LogP) is 4.83. The first-order valence-corrected chi connectivity index (χ1v) is 8.26. The van der Waals surface area contributed by atoms with Gasteiger partial charge in [-0.25, -0.2) is 0 Å². The second-order valence-electron chi connectivity index (χ2n) is 5.25. The Kier molecular flexibility index (Phi) is 4.30. The van der Waals surface area contributed by atoms with Gasteiger partial charge in [0.25, 0.3) is 0 Å². The number of benzene rings is 2. The van der Waals surface area contributed by atoms with Gasteiger partial charge in [-0.1, -0.05) is 43.3 Å². The van der Waals surface area contributed by atoms with Gasteiger partial charge in [0, 0.05) is 22.8 Å². The van der Waals surface area contributed by atoms with Crippen LogP contribution in [0, 0.1) is 0 Å². The van der Waals surface area contributed by atoms with Crippen LogP contribution in [0.3, 0.4) is 0 Å². The van der Waals surface area contributed by atoms with Gasteiger partial charge < -0.3 is 9.69 Å². The van der Waals surface area contributed by atoms with E-state index in [1.54, 1.807) is 0 Å². The largest absolute Gasteiger partial charge is 0.340 e. The zero-order valence-electron chi connectivity index (χ0n) is 12.2. The molecule has 2 nitrogen and oxygen atoms in total. The molecule has 0 aliphatic carbocycles. The molecule has 0 aromatic heterocycles. The molecule has 0 amide bonds. The van der Waals surface area contributed by atoms with E-state index in [1.807, 2.05) is 11.8 Å². The van der Waals surface area contributed by atoms with Crippen LogP contribution < -0.4 is 4.90 Å². The molecule has 108 valence electrons. The number of carbonyl (C=O) groups excluding carboxylic acids is 1. The van der Waals surface area contributed by atoms with Gasteiger partial charge in [0.1, 0.15) is 6.29 Å². The number of hydrogen-bond donors (Lipinski definition) is 0. The molecule has 0 N–H and O–H groups in total. The van der Waals surface area contributed by atoms with Crippen LogP contribution in [0.4, 0.5) is 11.4 Å². The van der Waals surface area contributed by atoms with Crippen molar-refractivity contribution in [1.29, 1.82) is 0 Å². The van der Waals surface area contributed by atoms with Crippen LogP contribution in [0.25, 0.3) is 0 Å². The van der Waals surface area contributed by atoms with Crippen LogP contribution in [-0.2, 0) is 11.2 Å². The van der Waals surface area contributed by atoms with Gasteiger partial charge in [-0.05, 0) is 36.2 Å². The lowest BCUT2D eigenvalue weighted by molar-refractivity contribution is -0.107. The Bertz CT molecular complexity index is 653. The second kappa shape index (κ2) is 6.35. The highest BCUT2D eigenvalue weighted by molar-refractivity contribution is 7.99. The maximum Gasteiger partial charge on any atom is 0.124 e. The highest BCUT2D eigenvalue weighted by Crippen LogP contribution is 2.48. The van der Waals surface area contributed by atoms with Gasteiger partial charge >= 0.3 is 0 Å². The fourth-order valence-corrected chi connectivity index (χ4v) is 3.73. The summed E-state index contributed by atoms with van der Waals surface area (Å²) in [6.45, 7) is 3.24. The number of nitrogens with zero attached hydrogens (tertiary/aromatic N) is 1. The number of rotatable bonds is 5. The molecule has 0 unspecified atom stereocenters. The van der Waals surface area contributed by atoms with Crippen LogP contribution in [0.2, 0.25) is 0 Å². The summed E-state index contributed by atoms with van der Waals surface area (Å²) >= 11 is 1.82. The van der Waals surface area contributed by atoms with Crippen LogP contribution in [0.15, 0.2) is 52.3 Å². The monoisotopic (exact) mass is 297 g/mol. The minimum absolute atomic E-state index is 0.487. The summed E-state index contributed by atoms with van der Waals surface area (Å²) in [6, 6.07) is 14.9. The smallest absolute Gasteiger partial charge is 0.124 e. The number of aldehydes is 1. The van der Waals surface area contributed by atoms with Crippen LogP contribution in [-0.4, -0.2) is 12.8 Å². The third kappa shape index (κ3) is 2.84. The second-order valence-corrected chi connectivity index (χ2v) is 6.33. The van der Waals surface area contributed by atoms with Crippen molar-refractivity contribution in [2.45, 2.75) is 36.0 Å². The first-order valence-electron chi connectivity index (χ1n) is 7.44. The molecule has 0 fully saturated rings. The molecule has 1 heterocycles. The van der Waals surface area contributed by atoms with Crippen molar-refractivity contribution in [1.82, 2.24) is 0 Å². The Morgan fingerprint density at radius 2 is 1.90 bits per heavy atom. The summed E-state index contributed by atoms with van der Waals surface area (Å²) in [5.41, 5.74) is 3.61. The van der Waals surface area contributed by atoms with Crippen molar-refractivity contribution >= 4 is 29.4 Å². The molecular weight excluding hydrogens is 278 g/mol. The molecule has 2 aromatic rings. The van der Waals surface area contributed by atoms with Gasteiger partial charge in [-0.15, -0.1) is 0 Å². The van der Waals surface area contributed by atoms with E-state index < -0.39 is 0 Å². The average molecular weight is 297 g/mol. The molecule has 3 heteroatoms. The molecule has 0 radical (unpaired) electrons. The van der Waals surface area contributed by atoms with E-state index in [0.29, 0.717) is 6.42 Å². The lowest BCUT2D eigenvalue weighted by Gasteiger charge is -2.33. The lowest BCUT2D eigenvalue weighted by atomic mass is 10.1. The number of fused-ring (bicyclic) bond motifs is 2. The van der Waals surface area contributed by atoms with E-state index in [1.165, 1.54) is 27.6 Å². The molecule has 0 saturated heterocycles. The van der Waals surface area contributed by atoms with Crippen molar-refractivity contribution in [2.75, 3.05) is 11.4 Å². The van der Waals surface area contributed by atoms with E-state index in [-0.39, 0.29) is 0 Å². The van der Waals surface area contributed by atoms with Crippen molar-refractivity contribution in [3.63, 3.8) is 0 Å². The Morgan fingerprint density at radius 3 is 2.71 bits per heavy atom. The number of anilines is 2. The summed E-state index contributed by atoms with van der Waals surface area (Å²) in [6.07, 6.45) is 3.80. The molecule has 3 rings (SSSR count). The molecule has 0 bridgehead atoms. The van der Waals surface area contributed by atoms with E-state index >= 15 is 0 Å². The summed E-state index contributed by atoms with van der Waals surface area (Å²) < 4.78 is 0. The highest BCUT2D eigenvalue weighted by atomic mass is 32.2. The number of para-hydroxylation sites is 1. The summed E-state index contributed by atoms with van der Waals surface area (Å²) in [7, 11) is 0. The Morgan fingerprint density at radius 1 is 1.10 bits per heavy atom. The van der Waals surface area contributed by atoms with Crippen molar-refractivity contribution in [2.24, 2.45) is 0 Å². The fraction of sp³-hybridized carbons (Fsp3) is 0.278. The van der Waals surface area contributed by atoms with E-state index in [9.17, 15) is 4.79 Å². The zero-order chi connectivity index (χ0) is 14.7. The topological polar surface area (TPSA) is 20.3 Å². The van der Waals surface area contributed by atoms with E-state index in [0.717, 1.165) is 24.8 Å². The van der Waals surface area contributed by atoms with Crippen molar-refractivity contribution in [3.8, 4) is 0 Å². The standard InChI is InChI=1S/C18H19NOS/c1-2-3-11-19-15-6-4-5-7-17(15)21-18-9-8-14(10-12-20)13-16(18)19/h4-9,12-13H,2-3,10-11H2,1H3. The van der Waals surface area contributed by atoms with Gasteiger partial charge in [0.15, 0.2) is 0 Å².